The normalized spacial score (nSPS) is 29.2. The van der Waals surface area contributed by atoms with Crippen molar-refractivity contribution in [1.29, 1.82) is 0 Å². The van der Waals surface area contributed by atoms with Gasteiger partial charge in [0.25, 0.3) is 0 Å². The van der Waals surface area contributed by atoms with Crippen molar-refractivity contribution in [2.24, 2.45) is 0 Å². The average Bonchev–Trinajstić information content (AvgIpc) is 2.42. The van der Waals surface area contributed by atoms with Crippen LogP contribution in [0.15, 0.2) is 0 Å². The van der Waals surface area contributed by atoms with Gasteiger partial charge in [-0.25, -0.2) is 0 Å². The summed E-state index contributed by atoms with van der Waals surface area (Å²) in [5, 5.41) is 6.85. The Hall–Kier alpha value is -0.0300. The first-order chi connectivity index (χ1) is 6.36. The summed E-state index contributed by atoms with van der Waals surface area (Å²) in [7, 11) is 0. The summed E-state index contributed by atoms with van der Waals surface area (Å²) < 4.78 is 5.07. The fourth-order valence-corrected chi connectivity index (χ4v) is 2.01. The zero-order chi connectivity index (χ0) is 9.10. The summed E-state index contributed by atoms with van der Waals surface area (Å²) in [5.41, 5.74) is 0. The van der Waals surface area contributed by atoms with Crippen LogP contribution in [0, 0.1) is 0 Å². The lowest BCUT2D eigenvalue weighted by molar-refractivity contribution is -0.00498. The minimum Gasteiger partial charge on any atom is -0.378 e. The Morgan fingerprint density at radius 2 is 2.38 bits per heavy atom. The van der Waals surface area contributed by atoms with E-state index >= 15 is 0 Å². The topological polar surface area (TPSA) is 33.3 Å². The van der Waals surface area contributed by atoms with Crippen molar-refractivity contribution >= 4 is 17.1 Å². The molecule has 2 N–H and O–H groups in total. The highest BCUT2D eigenvalue weighted by Gasteiger charge is 2.21. The van der Waals surface area contributed by atoms with Gasteiger partial charge in [0.1, 0.15) is 0 Å². The van der Waals surface area contributed by atoms with Crippen LogP contribution < -0.4 is 10.6 Å². The third-order valence-electron chi connectivity index (χ3n) is 2.65. The fraction of sp³-hybridized carbons (Fsp3) is 0.889. The smallest absolute Gasteiger partial charge is 0.0643 e. The molecule has 2 saturated heterocycles. The molecule has 0 saturated carbocycles. The van der Waals surface area contributed by atoms with Crippen LogP contribution in [-0.2, 0) is 4.74 Å². The van der Waals surface area contributed by atoms with Gasteiger partial charge >= 0.3 is 0 Å². The largest absolute Gasteiger partial charge is 0.378 e. The Balaban J connectivity index is 1.58. The molecule has 0 radical (unpaired) electrons. The number of rotatable bonds is 4. The molecular formula is C9H16N2OS. The molecule has 4 heteroatoms. The minimum atomic E-state index is 0.475. The van der Waals surface area contributed by atoms with E-state index in [1.807, 2.05) is 0 Å². The Morgan fingerprint density at radius 1 is 1.54 bits per heavy atom. The third-order valence-corrected chi connectivity index (χ3v) is 3.14. The van der Waals surface area contributed by atoms with E-state index in [2.05, 4.69) is 10.6 Å². The predicted octanol–water partition coefficient (Wildman–Crippen LogP) is 0.0967. The van der Waals surface area contributed by atoms with Crippen LogP contribution in [0.25, 0.3) is 0 Å². The number of hydrogen-bond donors (Lipinski definition) is 2. The first-order valence-electron chi connectivity index (χ1n) is 4.93. The molecule has 74 valence electrons. The molecule has 0 aromatic carbocycles. The number of ether oxygens (including phenoxy) is 1. The maximum absolute atomic E-state index is 5.25. The van der Waals surface area contributed by atoms with Crippen LogP contribution >= 0.6 is 12.2 Å². The fourth-order valence-electron chi connectivity index (χ4n) is 1.71. The van der Waals surface area contributed by atoms with Gasteiger partial charge in [0.05, 0.1) is 19.3 Å². The van der Waals surface area contributed by atoms with Gasteiger partial charge in [0.2, 0.25) is 0 Å². The molecule has 1 unspecified atom stereocenters. The summed E-state index contributed by atoms with van der Waals surface area (Å²) in [4.78, 5) is 1.20. The van der Waals surface area contributed by atoms with E-state index in [0.717, 1.165) is 39.1 Å². The molecule has 0 amide bonds. The van der Waals surface area contributed by atoms with E-state index < -0.39 is 0 Å². The molecule has 2 rings (SSSR count). The van der Waals surface area contributed by atoms with Crippen LogP contribution in [-0.4, -0.2) is 43.3 Å². The second kappa shape index (κ2) is 4.46. The quantitative estimate of drug-likeness (QED) is 0.631. The van der Waals surface area contributed by atoms with Gasteiger partial charge in [-0.15, -0.1) is 0 Å². The lowest BCUT2D eigenvalue weighted by Gasteiger charge is -2.27. The van der Waals surface area contributed by atoms with Crippen molar-refractivity contribution in [2.45, 2.75) is 24.9 Å². The maximum atomic E-state index is 5.25. The second-order valence-corrected chi connectivity index (χ2v) is 4.22. The Labute approximate surface area is 84.2 Å². The van der Waals surface area contributed by atoms with E-state index in [0.29, 0.717) is 12.1 Å². The van der Waals surface area contributed by atoms with E-state index in [1.165, 1.54) is 4.86 Å². The van der Waals surface area contributed by atoms with Gasteiger partial charge in [-0.3, -0.25) is 0 Å². The van der Waals surface area contributed by atoms with Crippen molar-refractivity contribution in [3.63, 3.8) is 0 Å². The number of nitrogens with one attached hydrogen (secondary N) is 2. The van der Waals surface area contributed by atoms with Gasteiger partial charge in [-0.1, -0.05) is 12.2 Å². The molecule has 0 aliphatic carbocycles. The lowest BCUT2D eigenvalue weighted by atomic mass is 10.1. The molecule has 2 aliphatic heterocycles. The van der Waals surface area contributed by atoms with Gasteiger partial charge in [-0.2, -0.15) is 0 Å². The summed E-state index contributed by atoms with van der Waals surface area (Å²) in [6, 6.07) is 1.07. The van der Waals surface area contributed by atoms with E-state index in [4.69, 9.17) is 17.0 Å². The first-order valence-corrected chi connectivity index (χ1v) is 5.34. The minimum absolute atomic E-state index is 0.475. The van der Waals surface area contributed by atoms with Crippen molar-refractivity contribution in [2.75, 3.05) is 26.3 Å². The van der Waals surface area contributed by atoms with E-state index in [9.17, 15) is 0 Å². The van der Waals surface area contributed by atoms with Crippen molar-refractivity contribution in [3.05, 3.63) is 0 Å². The summed E-state index contributed by atoms with van der Waals surface area (Å²) >= 11 is 5.25. The Morgan fingerprint density at radius 3 is 2.92 bits per heavy atom. The van der Waals surface area contributed by atoms with Gasteiger partial charge in [-0.05, 0) is 19.4 Å². The van der Waals surface area contributed by atoms with Crippen LogP contribution in [0.1, 0.15) is 12.8 Å². The van der Waals surface area contributed by atoms with Crippen LogP contribution in [0.5, 0.6) is 0 Å². The molecule has 1 atom stereocenters. The highest BCUT2D eigenvalue weighted by atomic mass is 32.1. The summed E-state index contributed by atoms with van der Waals surface area (Å²) in [6.45, 7) is 3.87. The van der Waals surface area contributed by atoms with Gasteiger partial charge in [0.15, 0.2) is 0 Å². The van der Waals surface area contributed by atoms with Crippen LogP contribution in [0.4, 0.5) is 0 Å². The molecule has 3 nitrogen and oxygen atoms in total. The lowest BCUT2D eigenvalue weighted by Crippen LogP contribution is -2.47. The zero-order valence-corrected chi connectivity index (χ0v) is 8.53. The molecular weight excluding hydrogens is 184 g/mol. The molecule has 2 fully saturated rings. The molecule has 0 aromatic heterocycles. The van der Waals surface area contributed by atoms with Gasteiger partial charge < -0.3 is 15.4 Å². The van der Waals surface area contributed by atoms with Crippen LogP contribution in [0.2, 0.25) is 0 Å². The molecule has 13 heavy (non-hydrogen) atoms. The molecule has 0 spiro atoms. The van der Waals surface area contributed by atoms with E-state index in [1.54, 1.807) is 0 Å². The number of thiocarbonyl (C=S) groups is 1. The highest BCUT2D eigenvalue weighted by molar-refractivity contribution is 7.80. The van der Waals surface area contributed by atoms with Gasteiger partial charge in [0, 0.05) is 17.5 Å². The first kappa shape index (κ1) is 9.52. The van der Waals surface area contributed by atoms with Crippen LogP contribution in [0.3, 0.4) is 0 Å². The Bertz CT molecular complexity index is 194. The summed E-state index contributed by atoms with van der Waals surface area (Å²) in [5.74, 6) is 0. The standard InChI is InChI=1S/C9H16N2OS/c13-9-2-4-11-8(9)1-3-10-7-5-12-6-7/h7-8,10-11H,1-6H2. The zero-order valence-electron chi connectivity index (χ0n) is 7.71. The molecule has 0 aromatic rings. The SMILES string of the molecule is S=C1CCNC1CCNC1COC1. The van der Waals surface area contributed by atoms with E-state index in [-0.39, 0.29) is 0 Å². The highest BCUT2D eigenvalue weighted by Crippen LogP contribution is 2.07. The van der Waals surface area contributed by atoms with Crippen molar-refractivity contribution in [1.82, 2.24) is 10.6 Å². The maximum Gasteiger partial charge on any atom is 0.0643 e. The van der Waals surface area contributed by atoms with Crippen molar-refractivity contribution < 1.29 is 4.74 Å². The molecule has 2 heterocycles. The summed E-state index contributed by atoms with van der Waals surface area (Å²) in [6.07, 6.45) is 2.20. The predicted molar refractivity (Wildman–Crippen MR) is 56.2 cm³/mol. The molecule has 0 bridgehead atoms. The second-order valence-electron chi connectivity index (χ2n) is 3.70. The molecule has 2 aliphatic rings. The van der Waals surface area contributed by atoms with Crippen molar-refractivity contribution in [3.8, 4) is 0 Å². The average molecular weight is 200 g/mol. The number of hydrogen-bond acceptors (Lipinski definition) is 4. The third kappa shape index (κ3) is 2.47. The Kier molecular flexibility index (Phi) is 3.27. The monoisotopic (exact) mass is 200 g/mol.